The van der Waals surface area contributed by atoms with Crippen molar-refractivity contribution in [3.8, 4) is 0 Å². The molecule has 0 aliphatic carbocycles. The summed E-state index contributed by atoms with van der Waals surface area (Å²) in [5.41, 5.74) is 7.52. The number of halogens is 1. The van der Waals surface area contributed by atoms with Crippen molar-refractivity contribution in [2.24, 2.45) is 0 Å². The van der Waals surface area contributed by atoms with E-state index in [1.165, 1.54) is 7.11 Å². The molecule has 0 aliphatic heterocycles. The van der Waals surface area contributed by atoms with Crippen LogP contribution in [0.4, 0.5) is 5.69 Å². The summed E-state index contributed by atoms with van der Waals surface area (Å²) in [5, 5.41) is 0.825. The Labute approximate surface area is 92.8 Å². The van der Waals surface area contributed by atoms with Crippen molar-refractivity contribution < 1.29 is 9.53 Å². The zero-order chi connectivity index (χ0) is 10.1. The number of nitrogens with one attached hydrogen (secondary N) is 1. The summed E-state index contributed by atoms with van der Waals surface area (Å²) >= 11 is 0. The molecule has 1 aromatic heterocycles. The van der Waals surface area contributed by atoms with Crippen molar-refractivity contribution in [3.63, 3.8) is 0 Å². The summed E-state index contributed by atoms with van der Waals surface area (Å²) in [7, 11) is 1.35. The smallest absolute Gasteiger partial charge is 0.338 e. The molecule has 80 valence electrons. The molecule has 0 fully saturated rings. The molecule has 0 atom stereocenters. The first-order valence-electron chi connectivity index (χ1n) is 4.17. The SMILES string of the molecule is COC(=O)c1cc(N)cc2[nH]ccc12.Cl. The fraction of sp³-hybridized carbons (Fsp3) is 0.100. The van der Waals surface area contributed by atoms with Crippen molar-refractivity contribution in [3.05, 3.63) is 30.0 Å². The van der Waals surface area contributed by atoms with Crippen LogP contribution in [0.25, 0.3) is 10.9 Å². The van der Waals surface area contributed by atoms with Gasteiger partial charge in [0, 0.05) is 22.8 Å². The number of hydrogen-bond acceptors (Lipinski definition) is 3. The average Bonchev–Trinajstić information content (AvgIpc) is 2.62. The molecule has 3 N–H and O–H groups in total. The number of fused-ring (bicyclic) bond motifs is 1. The predicted octanol–water partition coefficient (Wildman–Crippen LogP) is 1.96. The molecule has 15 heavy (non-hydrogen) atoms. The molecule has 0 amide bonds. The zero-order valence-corrected chi connectivity index (χ0v) is 8.93. The number of anilines is 1. The van der Waals surface area contributed by atoms with Crippen LogP contribution in [-0.4, -0.2) is 18.1 Å². The van der Waals surface area contributed by atoms with Crippen LogP contribution >= 0.6 is 12.4 Å². The fourth-order valence-corrected chi connectivity index (χ4v) is 1.47. The molecular weight excluding hydrogens is 216 g/mol. The highest BCUT2D eigenvalue weighted by Crippen LogP contribution is 2.21. The third-order valence-corrected chi connectivity index (χ3v) is 2.10. The van der Waals surface area contributed by atoms with E-state index in [0.717, 1.165) is 10.9 Å². The van der Waals surface area contributed by atoms with Gasteiger partial charge < -0.3 is 15.5 Å². The van der Waals surface area contributed by atoms with Crippen LogP contribution in [0.2, 0.25) is 0 Å². The van der Waals surface area contributed by atoms with E-state index in [-0.39, 0.29) is 18.4 Å². The first-order chi connectivity index (χ1) is 6.72. The Morgan fingerprint density at radius 1 is 1.47 bits per heavy atom. The lowest BCUT2D eigenvalue weighted by molar-refractivity contribution is 0.0603. The molecule has 0 radical (unpaired) electrons. The first kappa shape index (κ1) is 11.4. The molecule has 2 aromatic rings. The van der Waals surface area contributed by atoms with E-state index in [2.05, 4.69) is 9.72 Å². The van der Waals surface area contributed by atoms with Crippen molar-refractivity contribution in [1.82, 2.24) is 4.98 Å². The standard InChI is InChI=1S/C10H10N2O2.ClH/c1-14-10(13)8-4-6(11)5-9-7(8)2-3-12-9;/h2-5,12H,11H2,1H3;1H. The Morgan fingerprint density at radius 2 is 2.20 bits per heavy atom. The van der Waals surface area contributed by atoms with Gasteiger partial charge in [0.2, 0.25) is 0 Å². The number of methoxy groups -OCH3 is 1. The van der Waals surface area contributed by atoms with Crippen molar-refractivity contribution in [1.29, 1.82) is 0 Å². The number of esters is 1. The van der Waals surface area contributed by atoms with Gasteiger partial charge in [-0.05, 0) is 18.2 Å². The van der Waals surface area contributed by atoms with Gasteiger partial charge in [-0.1, -0.05) is 0 Å². The molecule has 5 heteroatoms. The number of aromatic nitrogens is 1. The van der Waals surface area contributed by atoms with E-state index in [0.29, 0.717) is 11.3 Å². The Bertz CT molecular complexity index is 493. The molecule has 0 saturated heterocycles. The number of rotatable bonds is 1. The number of nitrogens with two attached hydrogens (primary N) is 1. The molecule has 2 rings (SSSR count). The predicted molar refractivity (Wildman–Crippen MR) is 61.3 cm³/mol. The summed E-state index contributed by atoms with van der Waals surface area (Å²) in [5.74, 6) is -0.373. The molecule has 1 heterocycles. The lowest BCUT2D eigenvalue weighted by Gasteiger charge is -2.02. The van der Waals surface area contributed by atoms with E-state index in [1.807, 2.05) is 6.07 Å². The Kier molecular flexibility index (Phi) is 3.21. The second-order valence-corrected chi connectivity index (χ2v) is 3.00. The fourth-order valence-electron chi connectivity index (χ4n) is 1.47. The zero-order valence-electron chi connectivity index (χ0n) is 8.11. The summed E-state index contributed by atoms with van der Waals surface area (Å²) in [4.78, 5) is 14.4. The van der Waals surface area contributed by atoms with Crippen LogP contribution < -0.4 is 5.73 Å². The molecule has 0 saturated carbocycles. The van der Waals surface area contributed by atoms with Crippen LogP contribution in [0.1, 0.15) is 10.4 Å². The minimum absolute atomic E-state index is 0. The molecule has 1 aromatic carbocycles. The molecular formula is C10H11ClN2O2. The summed E-state index contributed by atoms with van der Waals surface area (Å²) < 4.78 is 4.66. The van der Waals surface area contributed by atoms with Gasteiger partial charge in [0.25, 0.3) is 0 Å². The maximum atomic E-state index is 11.4. The molecule has 0 spiro atoms. The molecule has 4 nitrogen and oxygen atoms in total. The van der Waals surface area contributed by atoms with Gasteiger partial charge in [-0.15, -0.1) is 12.4 Å². The van der Waals surface area contributed by atoms with Gasteiger partial charge in [0.15, 0.2) is 0 Å². The number of nitrogen functional groups attached to an aromatic ring is 1. The van der Waals surface area contributed by atoms with Gasteiger partial charge in [-0.3, -0.25) is 0 Å². The third kappa shape index (κ3) is 1.89. The lowest BCUT2D eigenvalue weighted by Crippen LogP contribution is -2.02. The van der Waals surface area contributed by atoms with Crippen molar-refractivity contribution in [2.45, 2.75) is 0 Å². The molecule has 0 aliphatic rings. The average molecular weight is 227 g/mol. The normalized spacial score (nSPS) is 9.67. The van der Waals surface area contributed by atoms with Crippen LogP contribution in [-0.2, 0) is 4.74 Å². The van der Waals surface area contributed by atoms with E-state index >= 15 is 0 Å². The minimum Gasteiger partial charge on any atom is -0.465 e. The first-order valence-corrected chi connectivity index (χ1v) is 4.17. The molecule has 0 bridgehead atoms. The quantitative estimate of drug-likeness (QED) is 0.577. The van der Waals surface area contributed by atoms with Gasteiger partial charge in [-0.2, -0.15) is 0 Å². The minimum atomic E-state index is -0.373. The number of carbonyl (C=O) groups excluding carboxylic acids is 1. The number of ether oxygens (including phenoxy) is 1. The monoisotopic (exact) mass is 226 g/mol. The highest BCUT2D eigenvalue weighted by molar-refractivity contribution is 6.05. The topological polar surface area (TPSA) is 68.1 Å². The number of aromatic amines is 1. The largest absolute Gasteiger partial charge is 0.465 e. The Hall–Kier alpha value is -1.68. The van der Waals surface area contributed by atoms with Crippen molar-refractivity contribution >= 4 is 35.0 Å². The number of H-pyrrole nitrogens is 1. The summed E-state index contributed by atoms with van der Waals surface area (Å²) in [6, 6.07) is 5.21. The molecule has 0 unspecified atom stereocenters. The number of hydrogen-bond donors (Lipinski definition) is 2. The Morgan fingerprint density at radius 3 is 2.87 bits per heavy atom. The van der Waals surface area contributed by atoms with E-state index in [4.69, 9.17) is 5.73 Å². The van der Waals surface area contributed by atoms with Crippen LogP contribution in [0, 0.1) is 0 Å². The van der Waals surface area contributed by atoms with Crippen LogP contribution in [0.3, 0.4) is 0 Å². The van der Waals surface area contributed by atoms with Gasteiger partial charge in [0.1, 0.15) is 0 Å². The summed E-state index contributed by atoms with van der Waals surface area (Å²) in [6.07, 6.45) is 1.76. The van der Waals surface area contributed by atoms with E-state index in [1.54, 1.807) is 18.3 Å². The summed E-state index contributed by atoms with van der Waals surface area (Å²) in [6.45, 7) is 0. The van der Waals surface area contributed by atoms with Gasteiger partial charge in [0.05, 0.1) is 12.7 Å². The van der Waals surface area contributed by atoms with Crippen molar-refractivity contribution in [2.75, 3.05) is 12.8 Å². The van der Waals surface area contributed by atoms with E-state index < -0.39 is 0 Å². The van der Waals surface area contributed by atoms with E-state index in [9.17, 15) is 4.79 Å². The highest BCUT2D eigenvalue weighted by atomic mass is 35.5. The third-order valence-electron chi connectivity index (χ3n) is 2.10. The van der Waals surface area contributed by atoms with Crippen LogP contribution in [0.15, 0.2) is 24.4 Å². The maximum absolute atomic E-state index is 11.4. The second-order valence-electron chi connectivity index (χ2n) is 3.00. The van der Waals surface area contributed by atoms with Gasteiger partial charge in [-0.25, -0.2) is 4.79 Å². The Balaban J connectivity index is 0.00000112. The number of carbonyl (C=O) groups is 1. The highest BCUT2D eigenvalue weighted by Gasteiger charge is 2.11. The van der Waals surface area contributed by atoms with Gasteiger partial charge >= 0.3 is 5.97 Å². The lowest BCUT2D eigenvalue weighted by atomic mass is 10.1. The second kappa shape index (κ2) is 4.23. The number of benzene rings is 1. The van der Waals surface area contributed by atoms with Crippen LogP contribution in [0.5, 0.6) is 0 Å². The maximum Gasteiger partial charge on any atom is 0.338 e.